The summed E-state index contributed by atoms with van der Waals surface area (Å²) in [6, 6.07) is 9.55. The average molecular weight is 398 g/mol. The van der Waals surface area contributed by atoms with Crippen molar-refractivity contribution in [1.29, 1.82) is 0 Å². The molecule has 0 saturated carbocycles. The molecule has 0 unspecified atom stereocenters. The lowest BCUT2D eigenvalue weighted by Gasteiger charge is -2.34. The Morgan fingerprint density at radius 3 is 2.75 bits per heavy atom. The minimum Gasteiger partial charge on any atom is -0.339 e. The van der Waals surface area contributed by atoms with E-state index in [1.807, 2.05) is 41.5 Å². The number of carbonyl (C=O) groups excluding carboxylic acids is 1. The first-order valence-electron chi connectivity index (χ1n) is 9.51. The van der Waals surface area contributed by atoms with Crippen LogP contribution in [0.2, 0.25) is 0 Å². The van der Waals surface area contributed by atoms with E-state index >= 15 is 0 Å². The second-order valence-corrected chi connectivity index (χ2v) is 7.84. The molecule has 1 aliphatic rings. The standard InChI is InChI=1S/C20H23N5O2S/c1-15-5-2-6-16(21-15)20(26)25-12-10-24(11-13-25)9-3-8-18-22-19(23-27-18)17-7-4-14-28-17/h2,4-7,14H,3,8-13H2,1H3. The summed E-state index contributed by atoms with van der Waals surface area (Å²) in [6.45, 7) is 6.09. The lowest BCUT2D eigenvalue weighted by molar-refractivity contribution is 0.0629. The average Bonchev–Trinajstić information content (AvgIpc) is 3.40. The van der Waals surface area contributed by atoms with Gasteiger partial charge in [-0.05, 0) is 43.5 Å². The first-order valence-corrected chi connectivity index (χ1v) is 10.4. The summed E-state index contributed by atoms with van der Waals surface area (Å²) < 4.78 is 5.35. The highest BCUT2D eigenvalue weighted by Crippen LogP contribution is 2.21. The van der Waals surface area contributed by atoms with Crippen LogP contribution in [0, 0.1) is 6.92 Å². The second kappa shape index (κ2) is 8.62. The SMILES string of the molecule is Cc1cccc(C(=O)N2CCN(CCCc3nc(-c4cccs4)no3)CC2)n1. The minimum atomic E-state index is 0.0234. The quantitative estimate of drug-likeness (QED) is 0.637. The molecular weight excluding hydrogens is 374 g/mol. The molecule has 0 radical (unpaired) electrons. The molecule has 1 fully saturated rings. The monoisotopic (exact) mass is 397 g/mol. The molecule has 1 aliphatic heterocycles. The molecule has 3 aromatic rings. The van der Waals surface area contributed by atoms with Crippen molar-refractivity contribution < 1.29 is 9.32 Å². The number of hydrogen-bond acceptors (Lipinski definition) is 7. The zero-order chi connectivity index (χ0) is 19.3. The van der Waals surface area contributed by atoms with Crippen LogP contribution in [-0.4, -0.2) is 63.6 Å². The van der Waals surface area contributed by atoms with Gasteiger partial charge in [0.2, 0.25) is 11.7 Å². The van der Waals surface area contributed by atoms with Crippen LogP contribution in [0.1, 0.15) is 28.5 Å². The Kier molecular flexibility index (Phi) is 5.78. The Morgan fingerprint density at radius 2 is 2.00 bits per heavy atom. The van der Waals surface area contributed by atoms with Crippen molar-refractivity contribution >= 4 is 17.2 Å². The zero-order valence-corrected chi connectivity index (χ0v) is 16.7. The van der Waals surface area contributed by atoms with E-state index in [4.69, 9.17) is 4.52 Å². The van der Waals surface area contributed by atoms with Crippen LogP contribution in [-0.2, 0) is 6.42 Å². The van der Waals surface area contributed by atoms with Gasteiger partial charge >= 0.3 is 0 Å². The van der Waals surface area contributed by atoms with E-state index in [0.29, 0.717) is 17.4 Å². The normalized spacial score (nSPS) is 15.1. The molecule has 0 N–H and O–H groups in total. The van der Waals surface area contributed by atoms with E-state index in [2.05, 4.69) is 20.0 Å². The number of rotatable bonds is 6. The van der Waals surface area contributed by atoms with Crippen LogP contribution in [0.4, 0.5) is 0 Å². The van der Waals surface area contributed by atoms with E-state index in [1.165, 1.54) is 0 Å². The summed E-state index contributed by atoms with van der Waals surface area (Å²) in [5, 5.41) is 6.05. The van der Waals surface area contributed by atoms with E-state index in [0.717, 1.165) is 56.1 Å². The number of pyridine rings is 1. The van der Waals surface area contributed by atoms with Crippen molar-refractivity contribution in [2.45, 2.75) is 19.8 Å². The van der Waals surface area contributed by atoms with Crippen LogP contribution in [0.3, 0.4) is 0 Å². The third kappa shape index (κ3) is 4.45. The Balaban J connectivity index is 1.21. The summed E-state index contributed by atoms with van der Waals surface area (Å²) in [5.41, 5.74) is 1.40. The molecule has 0 aliphatic carbocycles. The number of thiophene rings is 1. The van der Waals surface area contributed by atoms with Crippen molar-refractivity contribution in [3.05, 3.63) is 53.0 Å². The maximum atomic E-state index is 12.6. The van der Waals surface area contributed by atoms with Gasteiger partial charge < -0.3 is 9.42 Å². The number of hydrogen-bond donors (Lipinski definition) is 0. The fraction of sp³-hybridized carbons (Fsp3) is 0.400. The predicted molar refractivity (Wildman–Crippen MR) is 107 cm³/mol. The van der Waals surface area contributed by atoms with Crippen molar-refractivity contribution in [3.8, 4) is 10.7 Å². The number of aryl methyl sites for hydroxylation is 2. The summed E-state index contributed by atoms with van der Waals surface area (Å²) in [5.74, 6) is 1.37. The minimum absolute atomic E-state index is 0.0234. The molecule has 0 aromatic carbocycles. The van der Waals surface area contributed by atoms with Crippen molar-refractivity contribution in [2.75, 3.05) is 32.7 Å². The summed E-state index contributed by atoms with van der Waals surface area (Å²) in [4.78, 5) is 26.7. The number of carbonyl (C=O) groups is 1. The van der Waals surface area contributed by atoms with Gasteiger partial charge in [-0.15, -0.1) is 11.3 Å². The van der Waals surface area contributed by atoms with Crippen molar-refractivity contribution in [3.63, 3.8) is 0 Å². The Labute approximate surface area is 168 Å². The highest BCUT2D eigenvalue weighted by atomic mass is 32.1. The summed E-state index contributed by atoms with van der Waals surface area (Å²) in [7, 11) is 0. The molecule has 0 atom stereocenters. The van der Waals surface area contributed by atoms with Gasteiger partial charge in [-0.2, -0.15) is 4.98 Å². The highest BCUT2D eigenvalue weighted by molar-refractivity contribution is 7.13. The van der Waals surface area contributed by atoms with Gasteiger partial charge in [-0.3, -0.25) is 9.69 Å². The first kappa shape index (κ1) is 18.8. The van der Waals surface area contributed by atoms with Gasteiger partial charge in [0.1, 0.15) is 5.69 Å². The third-order valence-corrected chi connectivity index (χ3v) is 5.71. The number of amides is 1. The molecule has 1 amide bonds. The van der Waals surface area contributed by atoms with E-state index in [1.54, 1.807) is 17.4 Å². The molecule has 8 heteroatoms. The molecule has 3 aromatic heterocycles. The molecule has 0 bridgehead atoms. The fourth-order valence-electron chi connectivity index (χ4n) is 3.31. The van der Waals surface area contributed by atoms with Crippen LogP contribution in [0.15, 0.2) is 40.2 Å². The molecule has 4 heterocycles. The molecule has 1 saturated heterocycles. The molecule has 146 valence electrons. The zero-order valence-electron chi connectivity index (χ0n) is 15.9. The largest absolute Gasteiger partial charge is 0.339 e. The van der Waals surface area contributed by atoms with Crippen molar-refractivity contribution in [1.82, 2.24) is 24.9 Å². The Hall–Kier alpha value is -2.58. The van der Waals surface area contributed by atoms with E-state index in [-0.39, 0.29) is 5.91 Å². The lowest BCUT2D eigenvalue weighted by Crippen LogP contribution is -2.49. The van der Waals surface area contributed by atoms with E-state index < -0.39 is 0 Å². The van der Waals surface area contributed by atoms with Crippen LogP contribution in [0.5, 0.6) is 0 Å². The third-order valence-electron chi connectivity index (χ3n) is 4.84. The molecule has 4 rings (SSSR count). The maximum Gasteiger partial charge on any atom is 0.272 e. The fourth-order valence-corrected chi connectivity index (χ4v) is 3.96. The topological polar surface area (TPSA) is 75.4 Å². The van der Waals surface area contributed by atoms with E-state index in [9.17, 15) is 4.79 Å². The number of aromatic nitrogens is 3. The molecular formula is C20H23N5O2S. The lowest BCUT2D eigenvalue weighted by atomic mass is 10.2. The van der Waals surface area contributed by atoms with Crippen molar-refractivity contribution in [2.24, 2.45) is 0 Å². The maximum absolute atomic E-state index is 12.6. The van der Waals surface area contributed by atoms with Crippen LogP contribution >= 0.6 is 11.3 Å². The smallest absolute Gasteiger partial charge is 0.272 e. The van der Waals surface area contributed by atoms with Gasteiger partial charge in [0, 0.05) is 38.3 Å². The van der Waals surface area contributed by atoms with Crippen LogP contribution < -0.4 is 0 Å². The summed E-state index contributed by atoms with van der Waals surface area (Å²) in [6.07, 6.45) is 1.73. The van der Waals surface area contributed by atoms with Crippen LogP contribution in [0.25, 0.3) is 10.7 Å². The second-order valence-electron chi connectivity index (χ2n) is 6.89. The highest BCUT2D eigenvalue weighted by Gasteiger charge is 2.22. The Bertz CT molecular complexity index is 916. The number of piperazine rings is 1. The van der Waals surface area contributed by atoms with Gasteiger partial charge in [-0.1, -0.05) is 17.3 Å². The van der Waals surface area contributed by atoms with Gasteiger partial charge in [0.25, 0.3) is 5.91 Å². The molecule has 28 heavy (non-hydrogen) atoms. The Morgan fingerprint density at radius 1 is 1.14 bits per heavy atom. The van der Waals surface area contributed by atoms with Gasteiger partial charge in [0.05, 0.1) is 4.88 Å². The molecule has 0 spiro atoms. The predicted octanol–water partition coefficient (Wildman–Crippen LogP) is 2.89. The molecule has 7 nitrogen and oxygen atoms in total. The first-order chi connectivity index (χ1) is 13.7. The van der Waals surface area contributed by atoms with Gasteiger partial charge in [0.15, 0.2) is 0 Å². The van der Waals surface area contributed by atoms with Gasteiger partial charge in [-0.25, -0.2) is 4.98 Å². The number of nitrogens with zero attached hydrogens (tertiary/aromatic N) is 5. The summed E-state index contributed by atoms with van der Waals surface area (Å²) >= 11 is 1.61.